The van der Waals surface area contributed by atoms with E-state index in [4.69, 9.17) is 4.74 Å². The summed E-state index contributed by atoms with van der Waals surface area (Å²) < 4.78 is 43.3. The Labute approximate surface area is 91.4 Å². The first-order chi connectivity index (χ1) is 7.46. The van der Waals surface area contributed by atoms with Crippen LogP contribution in [0.25, 0.3) is 0 Å². The molecule has 0 N–H and O–H groups in total. The van der Waals surface area contributed by atoms with Crippen molar-refractivity contribution in [2.75, 3.05) is 6.61 Å². The molecule has 0 atom stereocenters. The summed E-state index contributed by atoms with van der Waals surface area (Å²) in [5.74, 6) is -3.42. The van der Waals surface area contributed by atoms with Gasteiger partial charge in [0.1, 0.15) is 0 Å². The molecule has 88 valence electrons. The molecule has 0 radical (unpaired) electrons. The first-order valence-electron chi connectivity index (χ1n) is 5.09. The molecule has 1 fully saturated rings. The smallest absolute Gasteiger partial charge is 0.250 e. The van der Waals surface area contributed by atoms with Crippen LogP contribution in [0.2, 0.25) is 0 Å². The monoisotopic (exact) mass is 231 g/mol. The zero-order valence-electron chi connectivity index (χ0n) is 8.84. The summed E-state index contributed by atoms with van der Waals surface area (Å²) in [6.45, 7) is 1.81. The van der Waals surface area contributed by atoms with Crippen LogP contribution in [0.4, 0.5) is 13.2 Å². The van der Waals surface area contributed by atoms with E-state index in [9.17, 15) is 13.2 Å². The second kappa shape index (κ2) is 3.96. The van der Waals surface area contributed by atoms with Crippen LogP contribution in [0.5, 0.6) is 5.88 Å². The molecular weight excluding hydrogens is 219 g/mol. The quantitative estimate of drug-likeness (QED) is 0.797. The Bertz CT molecular complexity index is 387. The molecule has 1 aliphatic rings. The number of halogens is 3. The molecule has 0 saturated heterocycles. The van der Waals surface area contributed by atoms with Crippen LogP contribution in [0, 0.1) is 18.7 Å². The maximum absolute atomic E-state index is 13.2. The number of aryl methyl sites for hydroxylation is 1. The van der Waals surface area contributed by atoms with Crippen LogP contribution in [-0.2, 0) is 0 Å². The average Bonchev–Trinajstić information content (AvgIpc) is 2.13. The molecule has 5 heteroatoms. The Morgan fingerprint density at radius 2 is 2.19 bits per heavy atom. The van der Waals surface area contributed by atoms with Crippen LogP contribution in [0.15, 0.2) is 12.3 Å². The van der Waals surface area contributed by atoms with Crippen molar-refractivity contribution in [3.8, 4) is 5.88 Å². The fourth-order valence-corrected chi connectivity index (χ4v) is 1.73. The lowest BCUT2D eigenvalue weighted by Gasteiger charge is -2.34. The number of alkyl halides is 2. The highest BCUT2D eigenvalue weighted by molar-refractivity contribution is 5.19. The van der Waals surface area contributed by atoms with Gasteiger partial charge < -0.3 is 4.74 Å². The summed E-state index contributed by atoms with van der Waals surface area (Å²) >= 11 is 0. The van der Waals surface area contributed by atoms with Gasteiger partial charge in [0.05, 0.1) is 6.61 Å². The first kappa shape index (κ1) is 11.2. The van der Waals surface area contributed by atoms with E-state index < -0.39 is 11.7 Å². The van der Waals surface area contributed by atoms with Gasteiger partial charge in [-0.25, -0.2) is 18.2 Å². The standard InChI is InChI=1S/C11H12F3NO/c1-7-2-9(12)10(15-5-7)16-6-8-3-11(13,14)4-8/h2,5,8H,3-4,6H2,1H3. The third-order valence-electron chi connectivity index (χ3n) is 2.57. The Kier molecular flexibility index (Phi) is 2.78. The van der Waals surface area contributed by atoms with Crippen molar-refractivity contribution in [3.05, 3.63) is 23.6 Å². The highest BCUT2D eigenvalue weighted by Gasteiger charge is 2.45. The van der Waals surface area contributed by atoms with E-state index in [-0.39, 0.29) is 31.2 Å². The third kappa shape index (κ3) is 2.46. The fraction of sp³-hybridized carbons (Fsp3) is 0.545. The van der Waals surface area contributed by atoms with E-state index in [0.29, 0.717) is 5.56 Å². The summed E-state index contributed by atoms with van der Waals surface area (Å²) in [5.41, 5.74) is 0.694. The van der Waals surface area contributed by atoms with Gasteiger partial charge in [-0.05, 0) is 18.6 Å². The van der Waals surface area contributed by atoms with Crippen molar-refractivity contribution in [1.82, 2.24) is 4.98 Å². The summed E-state index contributed by atoms with van der Waals surface area (Å²) in [5, 5.41) is 0. The average molecular weight is 231 g/mol. The van der Waals surface area contributed by atoms with E-state index in [1.54, 1.807) is 6.92 Å². The molecule has 2 nitrogen and oxygen atoms in total. The van der Waals surface area contributed by atoms with Crippen LogP contribution in [0.3, 0.4) is 0 Å². The predicted octanol–water partition coefficient (Wildman–Crippen LogP) is 2.95. The zero-order valence-corrected chi connectivity index (χ0v) is 8.84. The topological polar surface area (TPSA) is 22.1 Å². The van der Waals surface area contributed by atoms with Gasteiger partial charge >= 0.3 is 0 Å². The summed E-state index contributed by atoms with van der Waals surface area (Å²) in [4.78, 5) is 3.76. The molecule has 0 bridgehead atoms. The lowest BCUT2D eigenvalue weighted by molar-refractivity contribution is -0.119. The van der Waals surface area contributed by atoms with Gasteiger partial charge in [-0.15, -0.1) is 0 Å². The molecule has 2 rings (SSSR count). The zero-order chi connectivity index (χ0) is 11.8. The van der Waals surface area contributed by atoms with Crippen LogP contribution >= 0.6 is 0 Å². The van der Waals surface area contributed by atoms with Gasteiger partial charge in [0.15, 0.2) is 5.82 Å². The van der Waals surface area contributed by atoms with Gasteiger partial charge in [0.2, 0.25) is 11.8 Å². The lowest BCUT2D eigenvalue weighted by Crippen LogP contribution is -2.38. The second-order valence-electron chi connectivity index (χ2n) is 4.24. The predicted molar refractivity (Wildman–Crippen MR) is 52.1 cm³/mol. The van der Waals surface area contributed by atoms with Crippen molar-refractivity contribution in [1.29, 1.82) is 0 Å². The number of hydrogen-bond acceptors (Lipinski definition) is 2. The van der Waals surface area contributed by atoms with E-state index in [1.807, 2.05) is 0 Å². The van der Waals surface area contributed by atoms with Gasteiger partial charge in [-0.3, -0.25) is 0 Å². The Hall–Kier alpha value is -1.26. The molecule has 1 saturated carbocycles. The number of rotatable bonds is 3. The third-order valence-corrected chi connectivity index (χ3v) is 2.57. The molecule has 0 aromatic carbocycles. The maximum Gasteiger partial charge on any atom is 0.250 e. The van der Waals surface area contributed by atoms with Gasteiger partial charge in [-0.2, -0.15) is 0 Å². The summed E-state index contributed by atoms with van der Waals surface area (Å²) in [6.07, 6.45) is 1.12. The van der Waals surface area contributed by atoms with Crippen molar-refractivity contribution < 1.29 is 17.9 Å². The largest absolute Gasteiger partial charge is 0.475 e. The first-order valence-corrected chi connectivity index (χ1v) is 5.09. The van der Waals surface area contributed by atoms with Crippen molar-refractivity contribution in [3.63, 3.8) is 0 Å². The van der Waals surface area contributed by atoms with Crippen molar-refractivity contribution in [2.24, 2.45) is 5.92 Å². The summed E-state index contributed by atoms with van der Waals surface area (Å²) in [7, 11) is 0. The highest BCUT2D eigenvalue weighted by Crippen LogP contribution is 2.42. The Morgan fingerprint density at radius 1 is 1.50 bits per heavy atom. The minimum absolute atomic E-state index is 0.0998. The van der Waals surface area contributed by atoms with Crippen molar-refractivity contribution in [2.45, 2.75) is 25.7 Å². The van der Waals surface area contributed by atoms with E-state index in [2.05, 4.69) is 4.98 Å². The summed E-state index contributed by atoms with van der Waals surface area (Å²) in [6, 6.07) is 1.30. The molecule has 0 unspecified atom stereocenters. The number of hydrogen-bond donors (Lipinski definition) is 0. The lowest BCUT2D eigenvalue weighted by atomic mass is 9.82. The van der Waals surface area contributed by atoms with Crippen LogP contribution in [0.1, 0.15) is 18.4 Å². The molecule has 1 aromatic rings. The minimum Gasteiger partial charge on any atom is -0.475 e. The van der Waals surface area contributed by atoms with Gasteiger partial charge in [-0.1, -0.05) is 0 Å². The van der Waals surface area contributed by atoms with Crippen LogP contribution in [-0.4, -0.2) is 17.5 Å². The van der Waals surface area contributed by atoms with E-state index in [1.165, 1.54) is 12.3 Å². The van der Waals surface area contributed by atoms with Gasteiger partial charge in [0, 0.05) is 25.0 Å². The van der Waals surface area contributed by atoms with Gasteiger partial charge in [0.25, 0.3) is 0 Å². The SMILES string of the molecule is Cc1cnc(OCC2CC(F)(F)C2)c(F)c1. The molecule has 0 spiro atoms. The number of nitrogens with zero attached hydrogens (tertiary/aromatic N) is 1. The Morgan fingerprint density at radius 3 is 2.75 bits per heavy atom. The van der Waals surface area contributed by atoms with E-state index >= 15 is 0 Å². The molecule has 1 aromatic heterocycles. The Balaban J connectivity index is 1.86. The molecule has 1 aliphatic carbocycles. The van der Waals surface area contributed by atoms with Crippen molar-refractivity contribution >= 4 is 0 Å². The molecule has 16 heavy (non-hydrogen) atoms. The minimum atomic E-state index is -2.56. The molecular formula is C11H12F3NO. The second-order valence-corrected chi connectivity index (χ2v) is 4.24. The maximum atomic E-state index is 13.2. The number of pyridine rings is 1. The molecule has 0 amide bonds. The normalized spacial score (nSPS) is 19.2. The number of aromatic nitrogens is 1. The van der Waals surface area contributed by atoms with Crippen LogP contribution < -0.4 is 4.74 Å². The highest BCUT2D eigenvalue weighted by atomic mass is 19.3. The molecule has 1 heterocycles. The fourth-order valence-electron chi connectivity index (χ4n) is 1.73. The van der Waals surface area contributed by atoms with E-state index in [0.717, 1.165) is 0 Å². The molecule has 0 aliphatic heterocycles. The number of ether oxygens (including phenoxy) is 1.